The van der Waals surface area contributed by atoms with Crippen molar-refractivity contribution in [2.75, 3.05) is 39.6 Å². The summed E-state index contributed by atoms with van der Waals surface area (Å²) in [5.74, 6) is -2.37. The van der Waals surface area contributed by atoms with E-state index in [-0.39, 0.29) is 25.7 Å². The van der Waals surface area contributed by atoms with Crippen molar-refractivity contribution in [3.05, 3.63) is 194 Å². The molecule has 0 aliphatic carbocycles. The number of carbonyl (C=O) groups is 4. The number of ether oxygens (including phenoxy) is 4. The molecule has 0 rings (SSSR count). The van der Waals surface area contributed by atoms with Gasteiger partial charge in [-0.3, -0.25) is 37.3 Å². The van der Waals surface area contributed by atoms with Crippen molar-refractivity contribution >= 4 is 39.5 Å². The summed E-state index contributed by atoms with van der Waals surface area (Å²) in [7, 11) is -10.0. The minimum absolute atomic E-state index is 0.0248. The predicted molar refractivity (Wildman–Crippen MR) is 436 cm³/mol. The molecule has 106 heavy (non-hydrogen) atoms. The SMILES string of the molecule is CC/C=C\C/C=C\C/C=C\C/C=C\C/C=C\C/C=C\CCC(=O)OCC(COP(=O)(O)OCC(O)COP(=O)(O)OCC(COC(=O)CCCCCCCC/C=C\C/C=C\C/C=C\C/C=C\CC)OC(=O)CCCC/C=C\C/C=C\C/C=C\C/C=C\CC)OC(=O)CCCCCCC/C=C\C/C=C\CCC. The Labute approximate surface area is 640 Å². The lowest BCUT2D eigenvalue weighted by Crippen LogP contribution is -2.30. The molecule has 0 bridgehead atoms. The average Bonchev–Trinajstić information content (AvgIpc) is 0.901. The summed E-state index contributed by atoms with van der Waals surface area (Å²) in [6.45, 7) is 4.27. The predicted octanol–water partition coefficient (Wildman–Crippen LogP) is 23.3. The van der Waals surface area contributed by atoms with Gasteiger partial charge in [-0.05, 0) is 167 Å². The standard InChI is InChI=1S/C87H138O17P2/c1-5-9-13-17-21-25-29-33-36-38-40-42-45-48-51-55-59-63-67-71-84(89)97-77-82(103-86(91)73-69-65-61-57-53-47-32-28-24-20-16-12-8-4)79-101-105(93,94)99-75-81(88)76-100-106(95,96)102-80-83(104-87(92)74-70-66-62-58-54-50-44-35-31-27-23-19-15-11-7-3)78-98-85(90)72-68-64-60-56-52-49-46-43-41-39-37-34-30-26-22-18-14-10-6-2/h9-11,13-16,20-23,25-28,32-37,40-44,48,51,54,58-59,63,81-83,88H,5-8,12,17-19,24,29-31,38-39,45-47,49-50,52-53,55-57,60-62,64-80H2,1-4H3,(H,93,94)(H,95,96)/b13-9-,14-10-,15-11-,20-16-,25-21-,26-22-,27-23-,32-28-,36-33-,37-34-,42-40-,43-41-,44-35-,51-48-,58-54-,63-59-. The summed E-state index contributed by atoms with van der Waals surface area (Å²) in [4.78, 5) is 73.0. The van der Waals surface area contributed by atoms with E-state index >= 15 is 0 Å². The normalized spacial score (nSPS) is 14.9. The van der Waals surface area contributed by atoms with Crippen LogP contribution < -0.4 is 0 Å². The maximum atomic E-state index is 13.1. The van der Waals surface area contributed by atoms with Crippen LogP contribution in [0.1, 0.15) is 272 Å². The van der Waals surface area contributed by atoms with Crippen LogP contribution in [0.3, 0.4) is 0 Å². The van der Waals surface area contributed by atoms with Crippen molar-refractivity contribution < 1.29 is 80.2 Å². The van der Waals surface area contributed by atoms with Crippen molar-refractivity contribution in [3.63, 3.8) is 0 Å². The first kappa shape index (κ1) is 99.9. The summed E-state index contributed by atoms with van der Waals surface area (Å²) in [6.07, 6.45) is 94.3. The molecule has 598 valence electrons. The molecule has 0 aromatic rings. The van der Waals surface area contributed by atoms with Crippen LogP contribution in [0.25, 0.3) is 0 Å². The lowest BCUT2D eigenvalue weighted by atomic mass is 10.1. The highest BCUT2D eigenvalue weighted by atomic mass is 31.2. The number of rotatable bonds is 72. The lowest BCUT2D eigenvalue weighted by Gasteiger charge is -2.21. The molecule has 17 nitrogen and oxygen atoms in total. The van der Waals surface area contributed by atoms with Gasteiger partial charge in [-0.15, -0.1) is 0 Å². The van der Waals surface area contributed by atoms with Crippen molar-refractivity contribution in [2.24, 2.45) is 0 Å². The van der Waals surface area contributed by atoms with Crippen molar-refractivity contribution in [2.45, 2.75) is 290 Å². The van der Waals surface area contributed by atoms with Gasteiger partial charge in [-0.25, -0.2) is 9.13 Å². The smallest absolute Gasteiger partial charge is 0.462 e. The highest BCUT2D eigenvalue weighted by molar-refractivity contribution is 7.47. The van der Waals surface area contributed by atoms with Crippen LogP contribution in [0.4, 0.5) is 0 Å². The lowest BCUT2D eigenvalue weighted by molar-refractivity contribution is -0.161. The summed E-state index contributed by atoms with van der Waals surface area (Å²) in [5, 5.41) is 10.6. The molecule has 0 spiro atoms. The van der Waals surface area contributed by atoms with E-state index < -0.39 is 97.5 Å². The first-order valence-corrected chi connectivity index (χ1v) is 42.7. The van der Waals surface area contributed by atoms with Gasteiger partial charge in [0.05, 0.1) is 26.4 Å². The highest BCUT2D eigenvalue weighted by Gasteiger charge is 2.30. The number of aliphatic hydroxyl groups excluding tert-OH is 1. The average molecular weight is 1520 g/mol. The number of carbonyl (C=O) groups excluding carboxylic acids is 4. The number of esters is 4. The third-order valence-electron chi connectivity index (χ3n) is 15.5. The second-order valence-electron chi connectivity index (χ2n) is 25.5. The molecule has 5 unspecified atom stereocenters. The molecule has 0 aliphatic heterocycles. The zero-order valence-corrected chi connectivity index (χ0v) is 67.1. The Morgan fingerprint density at radius 3 is 0.830 bits per heavy atom. The van der Waals surface area contributed by atoms with Gasteiger partial charge in [-0.2, -0.15) is 0 Å². The maximum Gasteiger partial charge on any atom is 0.472 e. The molecule has 0 saturated carbocycles. The maximum absolute atomic E-state index is 13.1. The van der Waals surface area contributed by atoms with Crippen molar-refractivity contribution in [1.82, 2.24) is 0 Å². The minimum Gasteiger partial charge on any atom is -0.462 e. The number of phosphoric acid groups is 2. The number of unbranched alkanes of at least 4 members (excludes halogenated alkanes) is 14. The van der Waals surface area contributed by atoms with Gasteiger partial charge >= 0.3 is 39.5 Å². The fourth-order valence-corrected chi connectivity index (χ4v) is 11.2. The first-order valence-electron chi connectivity index (χ1n) is 39.7. The van der Waals surface area contributed by atoms with Gasteiger partial charge in [0.25, 0.3) is 0 Å². The molecular formula is C87H138O17P2. The minimum atomic E-state index is -5.01. The fourth-order valence-electron chi connectivity index (χ4n) is 9.62. The largest absolute Gasteiger partial charge is 0.472 e. The third-order valence-corrected chi connectivity index (χ3v) is 17.4. The Hall–Kier alpha value is -6.10. The van der Waals surface area contributed by atoms with E-state index in [1.165, 1.54) is 0 Å². The summed E-state index contributed by atoms with van der Waals surface area (Å²) < 4.78 is 68.4. The Morgan fingerprint density at radius 1 is 0.274 bits per heavy atom. The Balaban J connectivity index is 5.48. The molecule has 5 atom stereocenters. The molecule has 3 N–H and O–H groups in total. The van der Waals surface area contributed by atoms with E-state index in [2.05, 4.69) is 204 Å². The van der Waals surface area contributed by atoms with E-state index in [4.69, 9.17) is 37.0 Å². The van der Waals surface area contributed by atoms with Crippen molar-refractivity contribution in [3.8, 4) is 0 Å². The van der Waals surface area contributed by atoms with Gasteiger partial charge < -0.3 is 33.8 Å². The molecular weight excluding hydrogens is 1380 g/mol. The summed E-state index contributed by atoms with van der Waals surface area (Å²) in [6, 6.07) is 0. The van der Waals surface area contributed by atoms with Crippen LogP contribution in [-0.4, -0.2) is 96.7 Å². The van der Waals surface area contributed by atoms with Crippen LogP contribution in [0.5, 0.6) is 0 Å². The van der Waals surface area contributed by atoms with E-state index in [0.717, 1.165) is 180 Å². The van der Waals surface area contributed by atoms with E-state index in [1.807, 2.05) is 18.2 Å². The van der Waals surface area contributed by atoms with Crippen LogP contribution in [-0.2, 0) is 65.4 Å². The third kappa shape index (κ3) is 76.1. The molecule has 0 heterocycles. The van der Waals surface area contributed by atoms with Crippen LogP contribution >= 0.6 is 15.6 Å². The molecule has 0 saturated heterocycles. The number of hydrogen-bond donors (Lipinski definition) is 3. The van der Waals surface area contributed by atoms with Gasteiger partial charge in [0.1, 0.15) is 19.3 Å². The molecule has 19 heteroatoms. The summed E-state index contributed by atoms with van der Waals surface area (Å²) in [5.41, 5.74) is 0. The zero-order chi connectivity index (χ0) is 77.4. The van der Waals surface area contributed by atoms with Gasteiger partial charge in [0, 0.05) is 25.7 Å². The molecule has 0 amide bonds. The van der Waals surface area contributed by atoms with E-state index in [1.54, 1.807) is 0 Å². The van der Waals surface area contributed by atoms with E-state index in [9.17, 15) is 43.2 Å². The quantitative estimate of drug-likeness (QED) is 0.0169. The molecule has 0 radical (unpaired) electrons. The number of hydrogen-bond acceptors (Lipinski definition) is 15. The Kier molecular flexibility index (Phi) is 72.6. The monoisotopic (exact) mass is 1520 g/mol. The second-order valence-corrected chi connectivity index (χ2v) is 28.4. The van der Waals surface area contributed by atoms with Gasteiger partial charge in [0.15, 0.2) is 12.2 Å². The molecule has 0 fully saturated rings. The summed E-state index contributed by atoms with van der Waals surface area (Å²) >= 11 is 0. The molecule has 0 aromatic heterocycles. The van der Waals surface area contributed by atoms with Crippen molar-refractivity contribution in [1.29, 1.82) is 0 Å². The fraction of sp³-hybridized carbons (Fsp3) is 0.586. The zero-order valence-electron chi connectivity index (χ0n) is 65.3. The van der Waals surface area contributed by atoms with E-state index in [0.29, 0.717) is 38.5 Å². The van der Waals surface area contributed by atoms with Gasteiger partial charge in [-0.1, -0.05) is 273 Å². The molecule has 0 aromatic carbocycles. The van der Waals surface area contributed by atoms with Crippen LogP contribution in [0.2, 0.25) is 0 Å². The Bertz CT molecular complexity index is 2780. The highest BCUT2D eigenvalue weighted by Crippen LogP contribution is 2.45. The number of allylic oxidation sites excluding steroid dienone is 32. The number of aliphatic hydroxyl groups is 1. The van der Waals surface area contributed by atoms with Crippen LogP contribution in [0, 0.1) is 0 Å². The molecule has 0 aliphatic rings. The topological polar surface area (TPSA) is 237 Å². The van der Waals surface area contributed by atoms with Crippen LogP contribution in [0.15, 0.2) is 194 Å². The second kappa shape index (κ2) is 77.1. The van der Waals surface area contributed by atoms with Gasteiger partial charge in [0.2, 0.25) is 0 Å². The Morgan fingerprint density at radius 2 is 0.509 bits per heavy atom. The first-order chi connectivity index (χ1) is 51.7. The number of phosphoric ester groups is 2.